The van der Waals surface area contributed by atoms with Crippen LogP contribution in [0.3, 0.4) is 0 Å². The third kappa shape index (κ3) is 3.10. The number of alkyl halides is 1. The van der Waals surface area contributed by atoms with Crippen molar-refractivity contribution in [2.45, 2.75) is 12.2 Å². The first-order valence-electron chi connectivity index (χ1n) is 7.77. The lowest BCUT2D eigenvalue weighted by atomic mass is 10.0. The summed E-state index contributed by atoms with van der Waals surface area (Å²) in [6.45, 7) is -0.586. The average molecular weight is 364 g/mol. The van der Waals surface area contributed by atoms with E-state index in [1.54, 1.807) is 0 Å². The van der Waals surface area contributed by atoms with Crippen molar-refractivity contribution >= 4 is 22.7 Å². The second-order valence-corrected chi connectivity index (χ2v) is 5.79. The number of carbonyl (C=O) groups excluding carboxylic acids is 2. The highest BCUT2D eigenvalue weighted by molar-refractivity contribution is 6.00. The first-order valence-corrected chi connectivity index (χ1v) is 7.77. The van der Waals surface area contributed by atoms with E-state index < -0.39 is 36.6 Å². The van der Waals surface area contributed by atoms with Gasteiger partial charge in [0, 0.05) is 5.92 Å². The van der Waals surface area contributed by atoms with Crippen molar-refractivity contribution in [3.63, 3.8) is 0 Å². The number of primary amides is 1. The van der Waals surface area contributed by atoms with Crippen LogP contribution in [0.15, 0.2) is 18.5 Å². The van der Waals surface area contributed by atoms with Crippen molar-refractivity contribution in [2.75, 3.05) is 20.3 Å². The van der Waals surface area contributed by atoms with Crippen LogP contribution in [0.4, 0.5) is 4.39 Å². The summed E-state index contributed by atoms with van der Waals surface area (Å²) in [4.78, 5) is 31.0. The van der Waals surface area contributed by atoms with Gasteiger partial charge in [-0.1, -0.05) is 0 Å². The Morgan fingerprint density at radius 2 is 2.19 bits per heavy atom. The van der Waals surface area contributed by atoms with Crippen LogP contribution in [0.5, 0.6) is 11.6 Å². The molecule has 3 atom stereocenters. The Morgan fingerprint density at radius 3 is 2.85 bits per heavy atom. The SMILES string of the molecule is COc1cc2c(OC[C@H]3NC(=O)[C@@H](F)[C@H]3CO)ncnc2cc1C(N)=O. The largest absolute Gasteiger partial charge is 0.496 e. The predicted octanol–water partition coefficient (Wildman–Crippen LogP) is -0.439. The van der Waals surface area contributed by atoms with E-state index in [2.05, 4.69) is 15.3 Å². The molecule has 0 saturated carbocycles. The molecule has 1 aliphatic heterocycles. The highest BCUT2D eigenvalue weighted by Crippen LogP contribution is 2.30. The number of halogens is 1. The zero-order valence-electron chi connectivity index (χ0n) is 13.8. The van der Waals surface area contributed by atoms with Crippen molar-refractivity contribution in [1.82, 2.24) is 15.3 Å². The lowest BCUT2D eigenvalue weighted by Gasteiger charge is -2.18. The number of nitrogens with two attached hydrogens (primary N) is 1. The monoisotopic (exact) mass is 364 g/mol. The predicted molar refractivity (Wildman–Crippen MR) is 87.5 cm³/mol. The van der Waals surface area contributed by atoms with Crippen molar-refractivity contribution in [1.29, 1.82) is 0 Å². The molecule has 1 aliphatic rings. The molecule has 0 aliphatic carbocycles. The summed E-state index contributed by atoms with van der Waals surface area (Å²) >= 11 is 0. The Morgan fingerprint density at radius 1 is 1.42 bits per heavy atom. The molecular weight excluding hydrogens is 347 g/mol. The van der Waals surface area contributed by atoms with Gasteiger partial charge in [-0.05, 0) is 12.1 Å². The number of hydrogen-bond donors (Lipinski definition) is 3. The molecular formula is C16H17FN4O5. The minimum atomic E-state index is -1.78. The fraction of sp³-hybridized carbons (Fsp3) is 0.375. The Hall–Kier alpha value is -3.01. The summed E-state index contributed by atoms with van der Waals surface area (Å²) in [5.41, 5.74) is 5.89. The van der Waals surface area contributed by atoms with Crippen LogP contribution in [-0.2, 0) is 4.79 Å². The van der Waals surface area contributed by atoms with Gasteiger partial charge in [-0.3, -0.25) is 9.59 Å². The van der Waals surface area contributed by atoms with Gasteiger partial charge in [0.1, 0.15) is 18.7 Å². The molecule has 1 fully saturated rings. The van der Waals surface area contributed by atoms with Gasteiger partial charge in [-0.25, -0.2) is 14.4 Å². The zero-order chi connectivity index (χ0) is 18.8. The molecule has 2 aromatic rings. The highest BCUT2D eigenvalue weighted by Gasteiger charge is 2.42. The zero-order valence-corrected chi connectivity index (χ0v) is 13.8. The number of aromatic nitrogens is 2. The normalized spacial score (nSPS) is 22.3. The number of rotatable bonds is 6. The van der Waals surface area contributed by atoms with E-state index >= 15 is 0 Å². The quantitative estimate of drug-likeness (QED) is 0.632. The summed E-state index contributed by atoms with van der Waals surface area (Å²) < 4.78 is 24.5. The van der Waals surface area contributed by atoms with E-state index in [4.69, 9.17) is 15.2 Å². The smallest absolute Gasteiger partial charge is 0.255 e. The van der Waals surface area contributed by atoms with Gasteiger partial charge < -0.3 is 25.6 Å². The van der Waals surface area contributed by atoms with Crippen LogP contribution in [0, 0.1) is 5.92 Å². The number of carbonyl (C=O) groups is 2. The molecule has 1 aromatic carbocycles. The van der Waals surface area contributed by atoms with E-state index in [1.807, 2.05) is 0 Å². The third-order valence-corrected chi connectivity index (χ3v) is 4.27. The van der Waals surface area contributed by atoms with Gasteiger partial charge in [0.15, 0.2) is 6.17 Å². The van der Waals surface area contributed by atoms with E-state index in [-0.39, 0.29) is 23.8 Å². The number of hydrogen-bond acceptors (Lipinski definition) is 7. The average Bonchev–Trinajstić information content (AvgIpc) is 2.91. The molecule has 138 valence electrons. The molecule has 0 radical (unpaired) electrons. The maximum atomic E-state index is 13.7. The minimum Gasteiger partial charge on any atom is -0.496 e. The Bertz CT molecular complexity index is 862. The van der Waals surface area contributed by atoms with Crippen LogP contribution < -0.4 is 20.5 Å². The molecule has 0 spiro atoms. The molecule has 3 rings (SSSR count). The van der Waals surface area contributed by atoms with Crippen LogP contribution in [0.1, 0.15) is 10.4 Å². The summed E-state index contributed by atoms with van der Waals surface area (Å²) in [7, 11) is 1.39. The van der Waals surface area contributed by atoms with Crippen molar-refractivity contribution < 1.29 is 28.6 Å². The topological polar surface area (TPSA) is 137 Å². The summed E-state index contributed by atoms with van der Waals surface area (Å²) in [6, 6.07) is 2.27. The number of fused-ring (bicyclic) bond motifs is 1. The molecule has 0 bridgehead atoms. The van der Waals surface area contributed by atoms with Crippen molar-refractivity contribution in [3.05, 3.63) is 24.0 Å². The number of nitrogens with one attached hydrogen (secondary N) is 1. The second-order valence-electron chi connectivity index (χ2n) is 5.79. The molecule has 26 heavy (non-hydrogen) atoms. The third-order valence-electron chi connectivity index (χ3n) is 4.27. The number of ether oxygens (including phenoxy) is 2. The number of aliphatic hydroxyl groups excluding tert-OH is 1. The number of nitrogens with zero attached hydrogens (tertiary/aromatic N) is 2. The molecule has 2 heterocycles. The molecule has 1 saturated heterocycles. The van der Waals surface area contributed by atoms with Gasteiger partial charge in [0.2, 0.25) is 5.88 Å². The lowest BCUT2D eigenvalue weighted by Crippen LogP contribution is -2.36. The van der Waals surface area contributed by atoms with Crippen LogP contribution in [0.2, 0.25) is 0 Å². The fourth-order valence-electron chi connectivity index (χ4n) is 2.86. The molecule has 9 nitrogen and oxygen atoms in total. The van der Waals surface area contributed by atoms with Crippen molar-refractivity contribution in [2.24, 2.45) is 11.7 Å². The van der Waals surface area contributed by atoms with Crippen LogP contribution in [-0.4, -0.2) is 59.4 Å². The summed E-state index contributed by atoms with van der Waals surface area (Å²) in [5, 5.41) is 12.2. The molecule has 10 heteroatoms. The summed E-state index contributed by atoms with van der Waals surface area (Å²) in [5.74, 6) is -1.95. The number of aliphatic hydroxyl groups is 1. The maximum absolute atomic E-state index is 13.7. The maximum Gasteiger partial charge on any atom is 0.255 e. The van der Waals surface area contributed by atoms with Crippen LogP contribution >= 0.6 is 0 Å². The van der Waals surface area contributed by atoms with E-state index in [0.29, 0.717) is 10.9 Å². The number of methoxy groups -OCH3 is 1. The van der Waals surface area contributed by atoms with Gasteiger partial charge in [-0.2, -0.15) is 0 Å². The molecule has 1 aromatic heterocycles. The van der Waals surface area contributed by atoms with E-state index in [1.165, 1.54) is 25.6 Å². The van der Waals surface area contributed by atoms with E-state index in [9.17, 15) is 19.1 Å². The Labute approximate surface area is 147 Å². The van der Waals surface area contributed by atoms with Gasteiger partial charge >= 0.3 is 0 Å². The fourth-order valence-corrected chi connectivity index (χ4v) is 2.86. The van der Waals surface area contributed by atoms with E-state index in [0.717, 1.165) is 0 Å². The van der Waals surface area contributed by atoms with Crippen LogP contribution in [0.25, 0.3) is 10.9 Å². The first kappa shape index (κ1) is 17.8. The minimum absolute atomic E-state index is 0.0939. The lowest BCUT2D eigenvalue weighted by molar-refractivity contribution is -0.124. The molecule has 4 N–H and O–H groups in total. The van der Waals surface area contributed by atoms with Crippen molar-refractivity contribution in [3.8, 4) is 11.6 Å². The Balaban J connectivity index is 1.89. The standard InChI is InChI=1S/C16H17FN4O5/c1-25-12-3-7-10(2-8(12)14(18)23)19-6-20-16(7)26-5-11-9(4-22)13(17)15(24)21-11/h2-3,6,9,11,13,22H,4-5H2,1H3,(H2,18,23)(H,21,24)/t9-,11+,13-/m0/s1. The first-order chi connectivity index (χ1) is 12.5. The van der Waals surface area contributed by atoms with Gasteiger partial charge in [0.05, 0.1) is 36.2 Å². The second kappa shape index (κ2) is 7.08. The highest BCUT2D eigenvalue weighted by atomic mass is 19.1. The number of amides is 2. The summed E-state index contributed by atoms with van der Waals surface area (Å²) in [6.07, 6.45) is -0.544. The number of benzene rings is 1. The molecule has 0 unspecified atom stereocenters. The van der Waals surface area contributed by atoms with Gasteiger partial charge in [-0.15, -0.1) is 0 Å². The molecule has 2 amide bonds. The van der Waals surface area contributed by atoms with Gasteiger partial charge in [0.25, 0.3) is 11.8 Å². The Kier molecular flexibility index (Phi) is 4.85.